The third-order valence-electron chi connectivity index (χ3n) is 6.09. The first-order valence-electron chi connectivity index (χ1n) is 12.3. The van der Waals surface area contributed by atoms with E-state index >= 15 is 0 Å². The number of aromatic hydroxyl groups is 1. The summed E-state index contributed by atoms with van der Waals surface area (Å²) in [6.45, 7) is 2.33. The van der Waals surface area contributed by atoms with Crippen LogP contribution in [0.3, 0.4) is 0 Å². The molecule has 0 spiro atoms. The molecule has 11 nitrogen and oxygen atoms in total. The van der Waals surface area contributed by atoms with E-state index < -0.39 is 0 Å². The first-order valence-corrected chi connectivity index (χ1v) is 12.3. The minimum absolute atomic E-state index is 0.0337. The van der Waals surface area contributed by atoms with Crippen molar-refractivity contribution in [1.82, 2.24) is 24.4 Å². The highest BCUT2D eigenvalue weighted by Gasteiger charge is 2.21. The lowest BCUT2D eigenvalue weighted by Crippen LogP contribution is -2.21. The Morgan fingerprint density at radius 3 is 2.48 bits per heavy atom. The number of phenolic OH excluding ortho intramolecular Hbond substituents is 1. The average Bonchev–Trinajstić information content (AvgIpc) is 3.25. The highest BCUT2D eigenvalue weighted by molar-refractivity contribution is 5.95. The van der Waals surface area contributed by atoms with Crippen molar-refractivity contribution in [3.8, 4) is 29.1 Å². The van der Waals surface area contributed by atoms with Crippen LogP contribution in [0.15, 0.2) is 72.8 Å². The third-order valence-corrected chi connectivity index (χ3v) is 6.09. The fourth-order valence-electron chi connectivity index (χ4n) is 4.06. The summed E-state index contributed by atoms with van der Waals surface area (Å²) in [6, 6.07) is 20.8. The Morgan fingerprint density at radius 1 is 0.975 bits per heavy atom. The second kappa shape index (κ2) is 10.7. The van der Waals surface area contributed by atoms with E-state index in [-0.39, 0.29) is 35.1 Å². The van der Waals surface area contributed by atoms with Gasteiger partial charge < -0.3 is 29.8 Å². The van der Waals surface area contributed by atoms with Gasteiger partial charge >= 0.3 is 6.01 Å². The van der Waals surface area contributed by atoms with Crippen LogP contribution in [0.1, 0.15) is 27.3 Å². The van der Waals surface area contributed by atoms with E-state index in [2.05, 4.69) is 15.0 Å². The van der Waals surface area contributed by atoms with Gasteiger partial charge in [0.15, 0.2) is 22.7 Å². The maximum absolute atomic E-state index is 12.5. The number of nitrogens with two attached hydrogens (primary N) is 1. The number of amides is 1. The van der Waals surface area contributed by atoms with Crippen LogP contribution in [-0.4, -0.2) is 55.4 Å². The van der Waals surface area contributed by atoms with Crippen molar-refractivity contribution in [1.29, 1.82) is 5.41 Å². The van der Waals surface area contributed by atoms with E-state index in [9.17, 15) is 9.90 Å². The summed E-state index contributed by atoms with van der Waals surface area (Å²) in [7, 11) is 3.34. The number of carbonyl (C=O) groups excluding carboxylic acids is 1. The Bertz CT molecular complexity index is 1730. The predicted octanol–water partition coefficient (Wildman–Crippen LogP) is 4.46. The van der Waals surface area contributed by atoms with E-state index in [1.807, 2.05) is 41.8 Å². The van der Waals surface area contributed by atoms with Crippen LogP contribution >= 0.6 is 0 Å². The lowest BCUT2D eigenvalue weighted by Gasteiger charge is -2.13. The molecule has 0 atom stereocenters. The molecule has 5 rings (SSSR count). The summed E-state index contributed by atoms with van der Waals surface area (Å²) < 4.78 is 14.0. The Hall–Kier alpha value is -5.45. The van der Waals surface area contributed by atoms with E-state index in [0.29, 0.717) is 40.4 Å². The molecule has 3 aromatic carbocycles. The van der Waals surface area contributed by atoms with Gasteiger partial charge in [-0.25, -0.2) is 4.98 Å². The smallest absolute Gasteiger partial charge is 0.327 e. The van der Waals surface area contributed by atoms with Crippen LogP contribution in [0.5, 0.6) is 29.1 Å². The summed E-state index contributed by atoms with van der Waals surface area (Å²) in [5, 5.41) is 18.2. The van der Waals surface area contributed by atoms with Gasteiger partial charge in [0, 0.05) is 25.2 Å². The third kappa shape index (κ3) is 5.39. The Kier molecular flexibility index (Phi) is 7.02. The van der Waals surface area contributed by atoms with Crippen molar-refractivity contribution in [2.75, 3.05) is 14.1 Å². The van der Waals surface area contributed by atoms with Crippen molar-refractivity contribution < 1.29 is 19.4 Å². The van der Waals surface area contributed by atoms with Crippen molar-refractivity contribution in [3.63, 3.8) is 0 Å². The summed E-state index contributed by atoms with van der Waals surface area (Å²) in [4.78, 5) is 27.7. The zero-order valence-corrected chi connectivity index (χ0v) is 22.1. The van der Waals surface area contributed by atoms with Crippen LogP contribution in [0, 0.1) is 12.3 Å². The van der Waals surface area contributed by atoms with Crippen LogP contribution in [0.25, 0.3) is 11.2 Å². The molecule has 4 N–H and O–H groups in total. The van der Waals surface area contributed by atoms with Crippen LogP contribution in [0.2, 0.25) is 0 Å². The number of aryl methyl sites for hydroxylation is 1. The molecule has 0 radical (unpaired) electrons. The van der Waals surface area contributed by atoms with Gasteiger partial charge in [0.25, 0.3) is 11.8 Å². The number of nitrogens with one attached hydrogen (secondary N) is 1. The number of carbonyl (C=O) groups is 1. The van der Waals surface area contributed by atoms with Gasteiger partial charge in [0.2, 0.25) is 0 Å². The Morgan fingerprint density at radius 2 is 1.75 bits per heavy atom. The molecule has 0 aliphatic rings. The zero-order valence-electron chi connectivity index (χ0n) is 22.1. The van der Waals surface area contributed by atoms with Gasteiger partial charge in [0.1, 0.15) is 17.4 Å². The number of amidine groups is 1. The lowest BCUT2D eigenvalue weighted by molar-refractivity contribution is 0.0827. The number of hydrogen-bond acceptors (Lipinski definition) is 8. The largest absolute Gasteiger partial charge is 0.504 e. The molecule has 1 amide bonds. The summed E-state index contributed by atoms with van der Waals surface area (Å²) >= 11 is 0. The molecule has 0 aliphatic carbocycles. The number of ether oxygens (including phenoxy) is 2. The highest BCUT2D eigenvalue weighted by atomic mass is 16.5. The quantitative estimate of drug-likeness (QED) is 0.194. The number of nitrogens with zero attached hydrogens (tertiary/aromatic N) is 5. The lowest BCUT2D eigenvalue weighted by atomic mass is 10.2. The van der Waals surface area contributed by atoms with E-state index in [1.54, 1.807) is 38.4 Å². The zero-order chi connectivity index (χ0) is 28.4. The molecule has 40 heavy (non-hydrogen) atoms. The van der Waals surface area contributed by atoms with Crippen molar-refractivity contribution in [2.24, 2.45) is 5.73 Å². The normalized spacial score (nSPS) is 10.9. The van der Waals surface area contributed by atoms with Crippen molar-refractivity contribution in [2.45, 2.75) is 13.5 Å². The van der Waals surface area contributed by atoms with Crippen LogP contribution < -0.4 is 15.2 Å². The minimum Gasteiger partial charge on any atom is -0.504 e. The topological polar surface area (TPSA) is 152 Å². The maximum Gasteiger partial charge on any atom is 0.327 e. The number of phenols is 1. The molecular formula is C29H27N7O4. The Balaban J connectivity index is 1.62. The van der Waals surface area contributed by atoms with Gasteiger partial charge in [-0.2, -0.15) is 9.97 Å². The average molecular weight is 538 g/mol. The monoisotopic (exact) mass is 537 g/mol. The first-order chi connectivity index (χ1) is 19.2. The van der Waals surface area contributed by atoms with Gasteiger partial charge in [-0.1, -0.05) is 36.4 Å². The highest BCUT2D eigenvalue weighted by Crippen LogP contribution is 2.35. The summed E-state index contributed by atoms with van der Waals surface area (Å²) in [5.74, 6) is 0.550. The molecule has 202 valence electrons. The predicted molar refractivity (Wildman–Crippen MR) is 149 cm³/mol. The standard InChI is InChI=1S/C29H27N7O4/c1-17-32-24-26(36(17)16-18-8-5-4-6-9-18)33-29(39-21-11-7-10-20(14-21)28(38)35(2)3)34-27(24)40-23-15-19(25(30)31)12-13-22(23)37/h4-15,37H,16H2,1-3H3,(H3,30,31). The van der Waals surface area contributed by atoms with E-state index in [0.717, 1.165) is 5.56 Å². The van der Waals surface area contributed by atoms with Gasteiger partial charge in [-0.3, -0.25) is 10.2 Å². The summed E-state index contributed by atoms with van der Waals surface area (Å²) in [6.07, 6.45) is 0. The Labute approximate surface area is 230 Å². The fourth-order valence-corrected chi connectivity index (χ4v) is 4.06. The van der Waals surface area contributed by atoms with Gasteiger partial charge in [0.05, 0.1) is 6.54 Å². The molecule has 0 saturated heterocycles. The molecule has 0 unspecified atom stereocenters. The summed E-state index contributed by atoms with van der Waals surface area (Å²) in [5.41, 5.74) is 8.27. The van der Waals surface area contributed by atoms with Crippen molar-refractivity contribution in [3.05, 3.63) is 95.3 Å². The molecule has 11 heteroatoms. The molecule has 0 aliphatic heterocycles. The number of imidazole rings is 1. The first kappa shape index (κ1) is 26.2. The number of hydrogen-bond donors (Lipinski definition) is 3. The number of nitrogen functional groups attached to an aromatic ring is 1. The van der Waals surface area contributed by atoms with Gasteiger partial charge in [-0.15, -0.1) is 0 Å². The van der Waals surface area contributed by atoms with E-state index in [1.165, 1.54) is 23.1 Å². The number of fused-ring (bicyclic) bond motifs is 1. The molecular weight excluding hydrogens is 510 g/mol. The maximum atomic E-state index is 12.5. The van der Waals surface area contributed by atoms with Crippen molar-refractivity contribution >= 4 is 22.9 Å². The molecule has 5 aromatic rings. The minimum atomic E-state index is -0.183. The molecule has 0 fully saturated rings. The molecule has 2 heterocycles. The number of aromatic nitrogens is 4. The van der Waals surface area contributed by atoms with Crippen LogP contribution in [-0.2, 0) is 6.54 Å². The van der Waals surface area contributed by atoms with Gasteiger partial charge in [-0.05, 0) is 48.9 Å². The van der Waals surface area contributed by atoms with E-state index in [4.69, 9.17) is 20.6 Å². The SMILES string of the molecule is Cc1nc2c(Oc3cc(C(=N)N)ccc3O)nc(Oc3cccc(C(=O)N(C)C)c3)nc2n1Cc1ccccc1. The van der Waals surface area contributed by atoms with Crippen LogP contribution in [0.4, 0.5) is 0 Å². The molecule has 2 aromatic heterocycles. The number of rotatable bonds is 8. The second-order valence-corrected chi connectivity index (χ2v) is 9.24. The second-order valence-electron chi connectivity index (χ2n) is 9.24. The molecule has 0 bridgehead atoms. The number of benzene rings is 3. The fraction of sp³-hybridized carbons (Fsp3) is 0.138. The molecule has 0 saturated carbocycles.